The molecule has 1 aromatic rings. The molecule has 100 valence electrons. The summed E-state index contributed by atoms with van der Waals surface area (Å²) >= 11 is 0. The highest BCUT2D eigenvalue weighted by atomic mass is 16.4. The van der Waals surface area contributed by atoms with E-state index in [9.17, 15) is 9.90 Å². The average molecular weight is 250 g/mol. The van der Waals surface area contributed by atoms with E-state index in [1.54, 1.807) is 13.0 Å². The molecule has 0 bridgehead atoms. The van der Waals surface area contributed by atoms with Gasteiger partial charge in [0.2, 0.25) is 0 Å². The van der Waals surface area contributed by atoms with Crippen LogP contribution in [0.25, 0.3) is 0 Å². The van der Waals surface area contributed by atoms with Crippen molar-refractivity contribution in [2.24, 2.45) is 5.92 Å². The van der Waals surface area contributed by atoms with Crippen molar-refractivity contribution in [2.45, 2.75) is 47.1 Å². The summed E-state index contributed by atoms with van der Waals surface area (Å²) in [5.74, 6) is 0.0147. The molecule has 1 aromatic heterocycles. The van der Waals surface area contributed by atoms with Crippen molar-refractivity contribution < 1.29 is 9.90 Å². The average Bonchev–Trinajstić information content (AvgIpc) is 2.26. The molecule has 18 heavy (non-hydrogen) atoms. The first-order valence-electron chi connectivity index (χ1n) is 6.34. The highest BCUT2D eigenvalue weighted by molar-refractivity contribution is 5.94. The Morgan fingerprint density at radius 3 is 2.56 bits per heavy atom. The second-order valence-corrected chi connectivity index (χ2v) is 4.93. The van der Waals surface area contributed by atoms with Gasteiger partial charge in [-0.05, 0) is 38.3 Å². The fourth-order valence-electron chi connectivity index (χ4n) is 1.92. The van der Waals surface area contributed by atoms with Crippen molar-refractivity contribution >= 4 is 11.8 Å². The predicted octanol–water partition coefficient (Wildman–Crippen LogP) is 3.24. The maximum absolute atomic E-state index is 11.3. The van der Waals surface area contributed by atoms with Crippen LogP contribution in [0.1, 0.15) is 48.8 Å². The number of nitrogens with one attached hydrogen (secondary N) is 1. The zero-order valence-electron chi connectivity index (χ0n) is 11.7. The second-order valence-electron chi connectivity index (χ2n) is 4.93. The third-order valence-electron chi connectivity index (χ3n) is 3.42. The zero-order valence-corrected chi connectivity index (χ0v) is 11.7. The van der Waals surface area contributed by atoms with Gasteiger partial charge >= 0.3 is 5.97 Å². The summed E-state index contributed by atoms with van der Waals surface area (Å²) < 4.78 is 0. The summed E-state index contributed by atoms with van der Waals surface area (Å²) in [6, 6.07) is 1.99. The van der Waals surface area contributed by atoms with Crippen LogP contribution in [0.15, 0.2) is 6.07 Å². The lowest BCUT2D eigenvalue weighted by atomic mass is 10.0. The van der Waals surface area contributed by atoms with Gasteiger partial charge in [-0.2, -0.15) is 0 Å². The monoisotopic (exact) mass is 250 g/mol. The lowest BCUT2D eigenvalue weighted by Gasteiger charge is -2.22. The topological polar surface area (TPSA) is 62.2 Å². The Balaban J connectivity index is 3.11. The molecule has 2 N–H and O–H groups in total. The van der Waals surface area contributed by atoms with Crippen LogP contribution < -0.4 is 5.32 Å². The quantitative estimate of drug-likeness (QED) is 0.842. The minimum atomic E-state index is -0.932. The van der Waals surface area contributed by atoms with E-state index in [0.717, 1.165) is 17.7 Å². The largest absolute Gasteiger partial charge is 0.478 e. The van der Waals surface area contributed by atoms with Crippen LogP contribution in [0, 0.1) is 19.8 Å². The van der Waals surface area contributed by atoms with E-state index in [1.165, 1.54) is 0 Å². The van der Waals surface area contributed by atoms with E-state index in [1.807, 2.05) is 6.92 Å². The summed E-state index contributed by atoms with van der Waals surface area (Å²) in [4.78, 5) is 15.6. The summed E-state index contributed by atoms with van der Waals surface area (Å²) in [7, 11) is 0. The molecule has 0 amide bonds. The van der Waals surface area contributed by atoms with Crippen molar-refractivity contribution in [3.05, 3.63) is 22.9 Å². The fraction of sp³-hybridized carbons (Fsp3) is 0.571. The first kappa shape index (κ1) is 14.5. The number of nitrogens with zero attached hydrogens (tertiary/aromatic N) is 1. The molecule has 0 fully saturated rings. The Kier molecular flexibility index (Phi) is 4.70. The first-order valence-corrected chi connectivity index (χ1v) is 6.34. The maximum Gasteiger partial charge on any atom is 0.339 e. The van der Waals surface area contributed by atoms with Gasteiger partial charge in [-0.25, -0.2) is 9.78 Å². The van der Waals surface area contributed by atoms with Gasteiger partial charge in [0.25, 0.3) is 0 Å². The van der Waals surface area contributed by atoms with Crippen LogP contribution in [0.4, 0.5) is 5.82 Å². The maximum atomic E-state index is 11.3. The second kappa shape index (κ2) is 5.85. The van der Waals surface area contributed by atoms with Crippen molar-refractivity contribution in [1.82, 2.24) is 4.98 Å². The molecule has 0 aromatic carbocycles. The molecule has 2 unspecified atom stereocenters. The molecule has 1 heterocycles. The van der Waals surface area contributed by atoms with E-state index >= 15 is 0 Å². The first-order chi connectivity index (χ1) is 8.36. The number of carboxylic acid groups (broad SMARTS) is 1. The Hall–Kier alpha value is -1.58. The molecule has 4 nitrogen and oxygen atoms in total. The van der Waals surface area contributed by atoms with Gasteiger partial charge in [0.15, 0.2) is 0 Å². The van der Waals surface area contributed by atoms with Crippen molar-refractivity contribution in [3.8, 4) is 0 Å². The molecule has 4 heteroatoms. The van der Waals surface area contributed by atoms with Gasteiger partial charge in [0.05, 0.1) is 0 Å². The van der Waals surface area contributed by atoms with Gasteiger partial charge in [-0.3, -0.25) is 0 Å². The van der Waals surface area contributed by atoms with E-state index in [2.05, 4.69) is 31.1 Å². The summed E-state index contributed by atoms with van der Waals surface area (Å²) in [6.07, 6.45) is 1.04. The van der Waals surface area contributed by atoms with Crippen LogP contribution in [0.2, 0.25) is 0 Å². The number of carbonyl (C=O) groups is 1. The van der Waals surface area contributed by atoms with Crippen molar-refractivity contribution in [2.75, 3.05) is 5.32 Å². The molecular weight excluding hydrogens is 228 g/mol. The molecule has 0 saturated carbocycles. The highest BCUT2D eigenvalue weighted by Crippen LogP contribution is 2.21. The molecule has 0 aliphatic carbocycles. The number of anilines is 1. The molecule has 2 atom stereocenters. The van der Waals surface area contributed by atoms with Crippen molar-refractivity contribution in [1.29, 1.82) is 0 Å². The summed E-state index contributed by atoms with van der Waals surface area (Å²) in [5.41, 5.74) is 1.85. The van der Waals surface area contributed by atoms with Crippen LogP contribution in [0.5, 0.6) is 0 Å². The normalized spacial score (nSPS) is 14.1. The van der Waals surface area contributed by atoms with Crippen LogP contribution in [-0.4, -0.2) is 22.1 Å². The van der Waals surface area contributed by atoms with Gasteiger partial charge < -0.3 is 10.4 Å². The minimum absolute atomic E-state index is 0.196. The number of carboxylic acids is 1. The minimum Gasteiger partial charge on any atom is -0.478 e. The SMILES string of the molecule is CCC(C)C(C)Nc1nc(C)cc(C)c1C(=O)O. The third-order valence-corrected chi connectivity index (χ3v) is 3.42. The number of aromatic carboxylic acids is 1. The predicted molar refractivity (Wildman–Crippen MR) is 73.2 cm³/mol. The van der Waals surface area contributed by atoms with Crippen LogP contribution >= 0.6 is 0 Å². The molecule has 0 saturated heterocycles. The lowest BCUT2D eigenvalue weighted by molar-refractivity contribution is 0.0696. The number of rotatable bonds is 5. The van der Waals surface area contributed by atoms with Gasteiger partial charge in [-0.15, -0.1) is 0 Å². The standard InChI is InChI=1S/C14H22N2O2/c1-6-8(2)11(5)16-13-12(14(17)18)9(3)7-10(4)15-13/h7-8,11H,6H2,1-5H3,(H,15,16)(H,17,18). The lowest BCUT2D eigenvalue weighted by Crippen LogP contribution is -2.25. The van der Waals surface area contributed by atoms with E-state index in [0.29, 0.717) is 11.7 Å². The van der Waals surface area contributed by atoms with Crippen molar-refractivity contribution in [3.63, 3.8) is 0 Å². The molecule has 0 aliphatic heterocycles. The Labute approximate surface area is 108 Å². The molecule has 0 radical (unpaired) electrons. The van der Waals surface area contributed by atoms with E-state index < -0.39 is 5.97 Å². The molecule has 0 spiro atoms. The van der Waals surface area contributed by atoms with Crippen LogP contribution in [-0.2, 0) is 0 Å². The summed E-state index contributed by atoms with van der Waals surface area (Å²) in [5, 5.41) is 12.5. The highest BCUT2D eigenvalue weighted by Gasteiger charge is 2.18. The van der Waals surface area contributed by atoms with Gasteiger partial charge in [-0.1, -0.05) is 20.3 Å². The van der Waals surface area contributed by atoms with Gasteiger partial charge in [0.1, 0.15) is 11.4 Å². The molecule has 1 rings (SSSR count). The fourth-order valence-corrected chi connectivity index (χ4v) is 1.92. The zero-order chi connectivity index (χ0) is 13.9. The van der Waals surface area contributed by atoms with E-state index in [-0.39, 0.29) is 11.6 Å². The smallest absolute Gasteiger partial charge is 0.339 e. The number of hydrogen-bond donors (Lipinski definition) is 2. The van der Waals surface area contributed by atoms with Gasteiger partial charge in [0, 0.05) is 11.7 Å². The third kappa shape index (κ3) is 3.22. The number of pyridine rings is 1. The number of aryl methyl sites for hydroxylation is 2. The molecule has 0 aliphatic rings. The Morgan fingerprint density at radius 2 is 2.06 bits per heavy atom. The Bertz CT molecular complexity index is 444. The van der Waals surface area contributed by atoms with E-state index in [4.69, 9.17) is 0 Å². The van der Waals surface area contributed by atoms with Crippen LogP contribution in [0.3, 0.4) is 0 Å². The Morgan fingerprint density at radius 1 is 1.44 bits per heavy atom. The number of aromatic nitrogens is 1. The summed E-state index contributed by atoms with van der Waals surface area (Å²) in [6.45, 7) is 9.99. The molecular formula is C14H22N2O2. The number of hydrogen-bond acceptors (Lipinski definition) is 3.